The van der Waals surface area contributed by atoms with Gasteiger partial charge in [-0.2, -0.15) is 0 Å². The number of hydrogen-bond donors (Lipinski definition) is 2. The number of aryl methyl sites for hydroxylation is 1. The van der Waals surface area contributed by atoms with E-state index in [2.05, 4.69) is 10.6 Å². The molecular weight excluding hydrogens is 292 g/mol. The second-order valence-corrected chi connectivity index (χ2v) is 5.31. The van der Waals surface area contributed by atoms with Crippen molar-refractivity contribution < 1.29 is 14.3 Å². The minimum Gasteiger partial charge on any atom is -0.497 e. The highest BCUT2D eigenvalue weighted by Crippen LogP contribution is 2.17. The molecule has 2 aromatic carbocycles. The Morgan fingerprint density at radius 1 is 1.17 bits per heavy atom. The van der Waals surface area contributed by atoms with Crippen molar-refractivity contribution in [1.82, 2.24) is 5.32 Å². The zero-order valence-electron chi connectivity index (χ0n) is 13.6. The Kier molecular flexibility index (Phi) is 5.86. The third-order valence-electron chi connectivity index (χ3n) is 3.29. The SMILES string of the molecule is COc1cccc(NC(=O)N[C@@H](C)COc2ccccc2C)c1. The van der Waals surface area contributed by atoms with Gasteiger partial charge in [0.25, 0.3) is 0 Å². The smallest absolute Gasteiger partial charge is 0.319 e. The molecule has 0 heterocycles. The maximum Gasteiger partial charge on any atom is 0.319 e. The van der Waals surface area contributed by atoms with Gasteiger partial charge in [0.2, 0.25) is 0 Å². The van der Waals surface area contributed by atoms with Crippen LogP contribution in [0.1, 0.15) is 12.5 Å². The number of methoxy groups -OCH3 is 1. The highest BCUT2D eigenvalue weighted by Gasteiger charge is 2.09. The van der Waals surface area contributed by atoms with Crippen LogP contribution in [0.25, 0.3) is 0 Å². The second-order valence-electron chi connectivity index (χ2n) is 5.31. The number of nitrogens with one attached hydrogen (secondary N) is 2. The number of amides is 2. The monoisotopic (exact) mass is 314 g/mol. The van der Waals surface area contributed by atoms with Crippen LogP contribution in [0.4, 0.5) is 10.5 Å². The van der Waals surface area contributed by atoms with E-state index in [4.69, 9.17) is 9.47 Å². The predicted molar refractivity (Wildman–Crippen MR) is 91.3 cm³/mol. The van der Waals surface area contributed by atoms with E-state index in [-0.39, 0.29) is 12.1 Å². The van der Waals surface area contributed by atoms with Gasteiger partial charge < -0.3 is 20.1 Å². The maximum absolute atomic E-state index is 12.0. The number of urea groups is 1. The van der Waals surface area contributed by atoms with Gasteiger partial charge in [-0.1, -0.05) is 24.3 Å². The Labute approximate surface area is 136 Å². The lowest BCUT2D eigenvalue weighted by molar-refractivity contribution is 0.236. The van der Waals surface area contributed by atoms with Gasteiger partial charge >= 0.3 is 6.03 Å². The maximum atomic E-state index is 12.0. The van der Waals surface area contributed by atoms with Gasteiger partial charge in [-0.05, 0) is 37.6 Å². The van der Waals surface area contributed by atoms with E-state index in [9.17, 15) is 4.79 Å². The molecule has 0 aliphatic rings. The molecule has 0 saturated carbocycles. The molecule has 0 aliphatic heterocycles. The molecule has 0 spiro atoms. The third-order valence-corrected chi connectivity index (χ3v) is 3.29. The minimum absolute atomic E-state index is 0.125. The third kappa shape index (κ3) is 5.21. The normalized spacial score (nSPS) is 11.4. The standard InChI is InChI=1S/C18H22N2O3/c1-13-7-4-5-10-17(13)23-12-14(2)19-18(21)20-15-8-6-9-16(11-15)22-3/h4-11,14H,12H2,1-3H3,(H2,19,20,21)/t14-/m0/s1. The zero-order chi connectivity index (χ0) is 16.7. The Morgan fingerprint density at radius 2 is 1.96 bits per heavy atom. The first kappa shape index (κ1) is 16.7. The molecular formula is C18H22N2O3. The van der Waals surface area contributed by atoms with Crippen molar-refractivity contribution >= 4 is 11.7 Å². The zero-order valence-corrected chi connectivity index (χ0v) is 13.6. The molecule has 0 aromatic heterocycles. The molecule has 122 valence electrons. The largest absolute Gasteiger partial charge is 0.497 e. The number of carbonyl (C=O) groups excluding carboxylic acids is 1. The molecule has 5 heteroatoms. The Bertz CT molecular complexity index is 658. The van der Waals surface area contributed by atoms with E-state index in [1.807, 2.05) is 50.2 Å². The van der Waals surface area contributed by atoms with Gasteiger partial charge in [0.05, 0.1) is 13.2 Å². The summed E-state index contributed by atoms with van der Waals surface area (Å²) in [5.74, 6) is 1.52. The lowest BCUT2D eigenvalue weighted by atomic mass is 10.2. The fourth-order valence-electron chi connectivity index (χ4n) is 2.07. The van der Waals surface area contributed by atoms with Crippen molar-refractivity contribution in [3.8, 4) is 11.5 Å². The average Bonchev–Trinajstić information content (AvgIpc) is 2.54. The lowest BCUT2D eigenvalue weighted by Crippen LogP contribution is -2.39. The molecule has 23 heavy (non-hydrogen) atoms. The molecule has 0 unspecified atom stereocenters. The van der Waals surface area contributed by atoms with Crippen LogP contribution in [0.2, 0.25) is 0 Å². The first-order valence-electron chi connectivity index (χ1n) is 7.48. The fourth-order valence-corrected chi connectivity index (χ4v) is 2.07. The summed E-state index contributed by atoms with van der Waals surface area (Å²) in [5, 5.41) is 5.61. The average molecular weight is 314 g/mol. The lowest BCUT2D eigenvalue weighted by Gasteiger charge is -2.16. The van der Waals surface area contributed by atoms with E-state index in [0.29, 0.717) is 18.0 Å². The van der Waals surface area contributed by atoms with Crippen molar-refractivity contribution in [1.29, 1.82) is 0 Å². The van der Waals surface area contributed by atoms with Gasteiger partial charge in [0.15, 0.2) is 0 Å². The van der Waals surface area contributed by atoms with Gasteiger partial charge in [-0.3, -0.25) is 0 Å². The van der Waals surface area contributed by atoms with Crippen LogP contribution in [0.5, 0.6) is 11.5 Å². The van der Waals surface area contributed by atoms with Gasteiger partial charge in [-0.25, -0.2) is 4.79 Å². The molecule has 2 N–H and O–H groups in total. The first-order valence-corrected chi connectivity index (χ1v) is 7.48. The van der Waals surface area contributed by atoms with E-state index < -0.39 is 0 Å². The molecule has 2 aromatic rings. The van der Waals surface area contributed by atoms with Crippen molar-refractivity contribution in [2.45, 2.75) is 19.9 Å². The predicted octanol–water partition coefficient (Wildman–Crippen LogP) is 3.59. The fraction of sp³-hybridized carbons (Fsp3) is 0.278. The topological polar surface area (TPSA) is 59.6 Å². The van der Waals surface area contributed by atoms with Crippen molar-refractivity contribution in [3.63, 3.8) is 0 Å². The number of para-hydroxylation sites is 1. The molecule has 2 amide bonds. The number of carbonyl (C=O) groups is 1. The van der Waals surface area contributed by atoms with Crippen LogP contribution in [-0.4, -0.2) is 25.8 Å². The summed E-state index contributed by atoms with van der Waals surface area (Å²) in [6, 6.07) is 14.6. The Balaban J connectivity index is 1.81. The van der Waals surface area contributed by atoms with E-state index in [1.54, 1.807) is 19.2 Å². The molecule has 0 bridgehead atoms. The van der Waals surface area contributed by atoms with Gasteiger partial charge in [0.1, 0.15) is 18.1 Å². The highest BCUT2D eigenvalue weighted by atomic mass is 16.5. The summed E-state index contributed by atoms with van der Waals surface area (Å²) >= 11 is 0. The quantitative estimate of drug-likeness (QED) is 0.856. The molecule has 1 atom stereocenters. The van der Waals surface area contributed by atoms with E-state index in [0.717, 1.165) is 11.3 Å². The van der Waals surface area contributed by atoms with Crippen LogP contribution in [-0.2, 0) is 0 Å². The van der Waals surface area contributed by atoms with Crippen molar-refractivity contribution in [2.24, 2.45) is 0 Å². The number of hydrogen-bond acceptors (Lipinski definition) is 3. The first-order chi connectivity index (χ1) is 11.1. The van der Waals surface area contributed by atoms with E-state index >= 15 is 0 Å². The van der Waals surface area contributed by atoms with Crippen LogP contribution in [0, 0.1) is 6.92 Å². The number of anilines is 1. The van der Waals surface area contributed by atoms with Crippen molar-refractivity contribution in [3.05, 3.63) is 54.1 Å². The Hall–Kier alpha value is -2.69. The van der Waals surface area contributed by atoms with Gasteiger partial charge in [0, 0.05) is 11.8 Å². The molecule has 5 nitrogen and oxygen atoms in total. The summed E-state index contributed by atoms with van der Waals surface area (Å²) in [6.07, 6.45) is 0. The summed E-state index contributed by atoms with van der Waals surface area (Å²) in [6.45, 7) is 4.28. The summed E-state index contributed by atoms with van der Waals surface area (Å²) in [5.41, 5.74) is 1.74. The summed E-state index contributed by atoms with van der Waals surface area (Å²) < 4.78 is 10.8. The van der Waals surface area contributed by atoms with Gasteiger partial charge in [-0.15, -0.1) is 0 Å². The molecule has 0 saturated heterocycles. The number of rotatable bonds is 6. The summed E-state index contributed by atoms with van der Waals surface area (Å²) in [4.78, 5) is 12.0. The second kappa shape index (κ2) is 8.08. The van der Waals surface area contributed by atoms with E-state index in [1.165, 1.54) is 0 Å². The molecule has 0 radical (unpaired) electrons. The van der Waals surface area contributed by atoms with Crippen LogP contribution in [0.15, 0.2) is 48.5 Å². The molecule has 0 fully saturated rings. The minimum atomic E-state index is -0.279. The summed E-state index contributed by atoms with van der Waals surface area (Å²) in [7, 11) is 1.59. The van der Waals surface area contributed by atoms with Crippen LogP contribution < -0.4 is 20.1 Å². The molecule has 2 rings (SSSR count). The molecule has 0 aliphatic carbocycles. The highest BCUT2D eigenvalue weighted by molar-refractivity contribution is 5.89. The number of ether oxygens (including phenoxy) is 2. The van der Waals surface area contributed by atoms with Crippen molar-refractivity contribution in [2.75, 3.05) is 19.0 Å². The Morgan fingerprint density at radius 3 is 2.70 bits per heavy atom. The van der Waals surface area contributed by atoms with Crippen LogP contribution >= 0.6 is 0 Å². The number of benzene rings is 2. The van der Waals surface area contributed by atoms with Crippen LogP contribution in [0.3, 0.4) is 0 Å².